The zero-order valence-electron chi connectivity index (χ0n) is 12.8. The lowest BCUT2D eigenvalue weighted by molar-refractivity contribution is 0.412. The van der Waals surface area contributed by atoms with E-state index in [0.29, 0.717) is 21.4 Å². The van der Waals surface area contributed by atoms with E-state index in [1.807, 2.05) is 24.3 Å². The Morgan fingerprint density at radius 3 is 2.43 bits per heavy atom. The smallest absolute Gasteiger partial charge is 0.218 e. The number of halogens is 2. The summed E-state index contributed by atoms with van der Waals surface area (Å²) in [5.41, 5.74) is 1.45. The molecule has 2 aromatic carbocycles. The Morgan fingerprint density at radius 2 is 1.78 bits per heavy atom. The van der Waals surface area contributed by atoms with E-state index in [-0.39, 0.29) is 12.3 Å². The molecule has 0 amide bonds. The molecule has 0 bridgehead atoms. The Balaban J connectivity index is 2.12. The van der Waals surface area contributed by atoms with Crippen molar-refractivity contribution in [2.45, 2.75) is 12.3 Å². The van der Waals surface area contributed by atoms with Gasteiger partial charge in [0.25, 0.3) is 0 Å². The molecule has 7 heteroatoms. The lowest BCUT2D eigenvalue weighted by Crippen LogP contribution is -2.27. The number of hydrogen-bond acceptors (Lipinski definition) is 3. The van der Waals surface area contributed by atoms with Gasteiger partial charge in [0.2, 0.25) is 10.0 Å². The van der Waals surface area contributed by atoms with Crippen LogP contribution in [0, 0.1) is 0 Å². The minimum absolute atomic E-state index is 0.135. The molecular formula is C16H17Cl2NO3S. The molecule has 2 aromatic rings. The minimum atomic E-state index is -3.47. The van der Waals surface area contributed by atoms with Gasteiger partial charge in [-0.15, -0.1) is 0 Å². The van der Waals surface area contributed by atoms with E-state index in [4.69, 9.17) is 27.9 Å². The maximum Gasteiger partial charge on any atom is 0.218 e. The monoisotopic (exact) mass is 373 g/mol. The van der Waals surface area contributed by atoms with Gasteiger partial charge < -0.3 is 4.74 Å². The summed E-state index contributed by atoms with van der Waals surface area (Å²) in [4.78, 5) is 0. The summed E-state index contributed by atoms with van der Waals surface area (Å²) in [5, 5.41) is 0.743. The Hall–Kier alpha value is -1.27. The van der Waals surface area contributed by atoms with E-state index in [2.05, 4.69) is 0 Å². The Labute approximate surface area is 146 Å². The molecule has 0 aliphatic heterocycles. The fraction of sp³-hybridized carbons (Fsp3) is 0.250. The van der Waals surface area contributed by atoms with Crippen molar-refractivity contribution in [2.24, 2.45) is 0 Å². The van der Waals surface area contributed by atoms with Gasteiger partial charge in [0.05, 0.1) is 22.9 Å². The molecular weight excluding hydrogens is 357 g/mol. The van der Waals surface area contributed by atoms with Crippen molar-refractivity contribution in [2.75, 3.05) is 14.2 Å². The third kappa shape index (κ3) is 4.85. The second-order valence-electron chi connectivity index (χ2n) is 5.11. The average molecular weight is 374 g/mol. The van der Waals surface area contributed by atoms with Gasteiger partial charge in [0, 0.05) is 13.6 Å². The van der Waals surface area contributed by atoms with Crippen LogP contribution < -0.4 is 4.74 Å². The van der Waals surface area contributed by atoms with E-state index in [1.54, 1.807) is 32.4 Å². The van der Waals surface area contributed by atoms with Crippen LogP contribution in [-0.2, 0) is 22.3 Å². The van der Waals surface area contributed by atoms with E-state index < -0.39 is 10.0 Å². The maximum atomic E-state index is 12.5. The molecule has 0 fully saturated rings. The van der Waals surface area contributed by atoms with Gasteiger partial charge in [-0.3, -0.25) is 0 Å². The van der Waals surface area contributed by atoms with Crippen molar-refractivity contribution in [3.05, 3.63) is 63.6 Å². The van der Waals surface area contributed by atoms with Crippen LogP contribution in [0.3, 0.4) is 0 Å². The van der Waals surface area contributed by atoms with Crippen molar-refractivity contribution in [3.63, 3.8) is 0 Å². The van der Waals surface area contributed by atoms with Crippen LogP contribution >= 0.6 is 23.2 Å². The molecule has 2 rings (SSSR count). The second kappa shape index (κ2) is 7.53. The van der Waals surface area contributed by atoms with Crippen LogP contribution in [0.2, 0.25) is 10.0 Å². The largest absolute Gasteiger partial charge is 0.497 e. The molecule has 0 spiro atoms. The quantitative estimate of drug-likeness (QED) is 0.769. The molecule has 124 valence electrons. The normalized spacial score (nSPS) is 11.7. The first-order valence-corrected chi connectivity index (χ1v) is 9.19. The summed E-state index contributed by atoms with van der Waals surface area (Å²) in [7, 11) is -0.349. The maximum absolute atomic E-state index is 12.5. The molecule has 0 saturated carbocycles. The van der Waals surface area contributed by atoms with Crippen LogP contribution in [0.15, 0.2) is 42.5 Å². The third-order valence-corrected chi connectivity index (χ3v) is 5.86. The number of nitrogens with zero attached hydrogens (tertiary/aromatic N) is 1. The van der Waals surface area contributed by atoms with Crippen molar-refractivity contribution in [1.82, 2.24) is 4.31 Å². The zero-order chi connectivity index (χ0) is 17.0. The predicted octanol–water partition coefficient (Wildman–Crippen LogP) is 3.96. The molecule has 0 aromatic heterocycles. The number of benzene rings is 2. The fourth-order valence-corrected chi connectivity index (χ4v) is 3.56. The first-order valence-electron chi connectivity index (χ1n) is 6.82. The number of hydrogen-bond donors (Lipinski definition) is 0. The molecule has 4 nitrogen and oxygen atoms in total. The first kappa shape index (κ1) is 18.1. The molecule has 0 atom stereocenters. The molecule has 0 unspecified atom stereocenters. The summed E-state index contributed by atoms with van der Waals surface area (Å²) in [6, 6.07) is 12.1. The fourth-order valence-electron chi connectivity index (χ4n) is 2.08. The van der Waals surface area contributed by atoms with Gasteiger partial charge in [0.1, 0.15) is 5.75 Å². The SMILES string of the molecule is COc1cccc(CN(C)S(=O)(=O)Cc2ccc(Cl)c(Cl)c2)c1. The summed E-state index contributed by atoms with van der Waals surface area (Å²) in [5.74, 6) is 0.558. The molecule has 0 aliphatic rings. The van der Waals surface area contributed by atoms with Crippen LogP contribution in [0.5, 0.6) is 5.75 Å². The Morgan fingerprint density at radius 1 is 1.04 bits per heavy atom. The van der Waals surface area contributed by atoms with Gasteiger partial charge in [-0.2, -0.15) is 0 Å². The van der Waals surface area contributed by atoms with Crippen LogP contribution in [0.4, 0.5) is 0 Å². The highest BCUT2D eigenvalue weighted by atomic mass is 35.5. The number of sulfonamides is 1. The van der Waals surface area contributed by atoms with Crippen molar-refractivity contribution >= 4 is 33.2 Å². The van der Waals surface area contributed by atoms with Crippen molar-refractivity contribution in [3.8, 4) is 5.75 Å². The van der Waals surface area contributed by atoms with E-state index in [0.717, 1.165) is 5.56 Å². The highest BCUT2D eigenvalue weighted by Crippen LogP contribution is 2.24. The van der Waals surface area contributed by atoms with E-state index in [9.17, 15) is 8.42 Å². The predicted molar refractivity (Wildman–Crippen MR) is 93.5 cm³/mol. The van der Waals surface area contributed by atoms with Gasteiger partial charge in [-0.25, -0.2) is 12.7 Å². The van der Waals surface area contributed by atoms with E-state index in [1.165, 1.54) is 4.31 Å². The Bertz CT molecular complexity index is 794. The lowest BCUT2D eigenvalue weighted by Gasteiger charge is -2.18. The van der Waals surface area contributed by atoms with Gasteiger partial charge in [0.15, 0.2) is 0 Å². The summed E-state index contributed by atoms with van der Waals surface area (Å²) < 4.78 is 31.4. The first-order chi connectivity index (χ1) is 10.8. The third-order valence-electron chi connectivity index (χ3n) is 3.35. The molecule has 0 aliphatic carbocycles. The molecule has 0 heterocycles. The van der Waals surface area contributed by atoms with Gasteiger partial charge in [-0.05, 0) is 35.4 Å². The lowest BCUT2D eigenvalue weighted by atomic mass is 10.2. The standard InChI is InChI=1S/C16H17Cl2NO3S/c1-19(10-12-4-3-5-14(8-12)22-2)23(20,21)11-13-6-7-15(17)16(18)9-13/h3-9H,10-11H2,1-2H3. The summed E-state index contributed by atoms with van der Waals surface area (Å²) in [6.45, 7) is 0.265. The molecule has 0 radical (unpaired) electrons. The van der Waals surface area contributed by atoms with Crippen LogP contribution in [0.1, 0.15) is 11.1 Å². The molecule has 0 saturated heterocycles. The van der Waals surface area contributed by atoms with Gasteiger partial charge >= 0.3 is 0 Å². The number of rotatable bonds is 6. The van der Waals surface area contributed by atoms with E-state index >= 15 is 0 Å². The van der Waals surface area contributed by atoms with Crippen molar-refractivity contribution in [1.29, 1.82) is 0 Å². The van der Waals surface area contributed by atoms with Crippen LogP contribution in [-0.4, -0.2) is 26.9 Å². The minimum Gasteiger partial charge on any atom is -0.497 e. The highest BCUT2D eigenvalue weighted by Gasteiger charge is 2.19. The van der Waals surface area contributed by atoms with Gasteiger partial charge in [-0.1, -0.05) is 41.4 Å². The Kier molecular flexibility index (Phi) is 5.92. The second-order valence-corrected chi connectivity index (χ2v) is 8.00. The molecule has 0 N–H and O–H groups in total. The van der Waals surface area contributed by atoms with Crippen molar-refractivity contribution < 1.29 is 13.2 Å². The summed E-state index contributed by atoms with van der Waals surface area (Å²) >= 11 is 11.8. The zero-order valence-corrected chi connectivity index (χ0v) is 15.1. The average Bonchev–Trinajstić information content (AvgIpc) is 2.51. The topological polar surface area (TPSA) is 46.6 Å². The number of ether oxygens (including phenoxy) is 1. The molecule has 23 heavy (non-hydrogen) atoms. The summed E-state index contributed by atoms with van der Waals surface area (Å²) in [6.07, 6.45) is 0. The number of methoxy groups -OCH3 is 1. The highest BCUT2D eigenvalue weighted by molar-refractivity contribution is 7.88. The van der Waals surface area contributed by atoms with Crippen LogP contribution in [0.25, 0.3) is 0 Å².